The van der Waals surface area contributed by atoms with Gasteiger partial charge in [0.15, 0.2) is 6.73 Å². The van der Waals surface area contributed by atoms with Gasteiger partial charge in [-0.2, -0.15) is 0 Å². The lowest BCUT2D eigenvalue weighted by molar-refractivity contribution is -0.115. The third kappa shape index (κ3) is 1.23. The van der Waals surface area contributed by atoms with Gasteiger partial charge < -0.3 is 16.2 Å². The predicted molar refractivity (Wildman–Crippen MR) is 34.7 cm³/mol. The number of hydrogen-bond donors (Lipinski definition) is 2. The summed E-state index contributed by atoms with van der Waals surface area (Å²) in [6, 6.07) is -0.757. The van der Waals surface area contributed by atoms with Crippen LogP contribution in [0.25, 0.3) is 0 Å². The molecule has 0 atom stereocenters. The van der Waals surface area contributed by atoms with Gasteiger partial charge in [-0.3, -0.25) is 9.69 Å². The molecule has 6 heteroatoms. The van der Waals surface area contributed by atoms with Crippen LogP contribution in [0.4, 0.5) is 4.79 Å². The molecule has 0 radical (unpaired) electrons. The van der Waals surface area contributed by atoms with E-state index >= 15 is 0 Å². The number of carbonyl (C=O) groups is 2. The predicted octanol–water partition coefficient (Wildman–Crippen LogP) is -1.32. The maximum atomic E-state index is 10.5. The zero-order valence-corrected chi connectivity index (χ0v) is 5.61. The molecular weight excluding hydrogens is 150 g/mol. The van der Waals surface area contributed by atoms with Gasteiger partial charge in [-0.25, -0.2) is 4.79 Å². The summed E-state index contributed by atoms with van der Waals surface area (Å²) in [5, 5.41) is 0. The van der Waals surface area contributed by atoms with E-state index in [0.29, 0.717) is 0 Å². The average molecular weight is 157 g/mol. The fraction of sp³-hybridized carbons (Fsp3) is 0.200. The van der Waals surface area contributed by atoms with Gasteiger partial charge >= 0.3 is 6.03 Å². The number of hydrogen-bond acceptors (Lipinski definition) is 3. The molecule has 0 unspecified atom stereocenters. The number of nitrogens with zero attached hydrogens (tertiary/aromatic N) is 1. The van der Waals surface area contributed by atoms with E-state index in [1.807, 2.05) is 0 Å². The fourth-order valence-corrected chi connectivity index (χ4v) is 0.697. The molecule has 4 N–H and O–H groups in total. The zero-order chi connectivity index (χ0) is 8.43. The van der Waals surface area contributed by atoms with E-state index in [-0.39, 0.29) is 12.4 Å². The maximum Gasteiger partial charge on any atom is 0.322 e. The van der Waals surface area contributed by atoms with E-state index in [1.54, 1.807) is 0 Å². The van der Waals surface area contributed by atoms with E-state index in [2.05, 4.69) is 4.74 Å². The lowest BCUT2D eigenvalue weighted by atomic mass is 10.4. The van der Waals surface area contributed by atoms with Crippen LogP contribution in [-0.4, -0.2) is 23.6 Å². The normalized spacial score (nSPS) is 15.6. The number of urea groups is 1. The zero-order valence-electron chi connectivity index (χ0n) is 5.61. The third-order valence-corrected chi connectivity index (χ3v) is 1.21. The highest BCUT2D eigenvalue weighted by Gasteiger charge is 2.24. The summed E-state index contributed by atoms with van der Waals surface area (Å²) in [7, 11) is 0. The van der Waals surface area contributed by atoms with Crippen molar-refractivity contribution in [3.05, 3.63) is 12.0 Å². The van der Waals surface area contributed by atoms with Crippen LogP contribution in [0, 0.1) is 0 Å². The van der Waals surface area contributed by atoms with Crippen molar-refractivity contribution in [2.45, 2.75) is 0 Å². The first-order valence-corrected chi connectivity index (χ1v) is 2.81. The van der Waals surface area contributed by atoms with Crippen LogP contribution in [0.5, 0.6) is 0 Å². The molecule has 0 aliphatic carbocycles. The van der Waals surface area contributed by atoms with Crippen LogP contribution < -0.4 is 11.5 Å². The molecule has 1 aliphatic rings. The highest BCUT2D eigenvalue weighted by molar-refractivity contribution is 5.95. The van der Waals surface area contributed by atoms with Crippen molar-refractivity contribution >= 4 is 11.9 Å². The van der Waals surface area contributed by atoms with E-state index < -0.39 is 11.9 Å². The Labute approximate surface area is 62.4 Å². The Balaban J connectivity index is 2.79. The minimum absolute atomic E-state index is 0.0162. The second-order valence-electron chi connectivity index (χ2n) is 1.93. The number of primary amides is 2. The van der Waals surface area contributed by atoms with Gasteiger partial charge in [0.25, 0.3) is 5.91 Å². The molecule has 0 saturated heterocycles. The number of rotatable bonds is 1. The summed E-state index contributed by atoms with van der Waals surface area (Å²) in [6.07, 6.45) is 1.10. The summed E-state index contributed by atoms with van der Waals surface area (Å²) < 4.78 is 4.65. The van der Waals surface area contributed by atoms with Crippen molar-refractivity contribution < 1.29 is 14.3 Å². The summed E-state index contributed by atoms with van der Waals surface area (Å²) in [4.78, 5) is 22.0. The molecule has 0 aromatic carbocycles. The topological polar surface area (TPSA) is 98.7 Å². The van der Waals surface area contributed by atoms with E-state index in [4.69, 9.17) is 11.5 Å². The van der Waals surface area contributed by atoms with Crippen molar-refractivity contribution in [2.24, 2.45) is 11.5 Å². The molecule has 6 nitrogen and oxygen atoms in total. The molecule has 1 aliphatic heterocycles. The van der Waals surface area contributed by atoms with Crippen LogP contribution >= 0.6 is 0 Å². The lowest BCUT2D eigenvalue weighted by Crippen LogP contribution is -2.37. The van der Waals surface area contributed by atoms with E-state index in [9.17, 15) is 9.59 Å². The molecule has 60 valence electrons. The van der Waals surface area contributed by atoms with Crippen LogP contribution in [0.3, 0.4) is 0 Å². The van der Waals surface area contributed by atoms with Gasteiger partial charge in [-0.15, -0.1) is 0 Å². The summed E-state index contributed by atoms with van der Waals surface area (Å²) in [5.74, 6) is -0.735. The molecule has 11 heavy (non-hydrogen) atoms. The van der Waals surface area contributed by atoms with Crippen LogP contribution in [0.15, 0.2) is 12.0 Å². The average Bonchev–Trinajstić information content (AvgIpc) is 2.32. The van der Waals surface area contributed by atoms with Gasteiger partial charge in [0.2, 0.25) is 0 Å². The lowest BCUT2D eigenvalue weighted by Gasteiger charge is -2.11. The SMILES string of the molecule is NC(=O)C1=COCN1C(N)=O. The van der Waals surface area contributed by atoms with Gasteiger partial charge in [-0.05, 0) is 0 Å². The Hall–Kier alpha value is -1.72. The summed E-state index contributed by atoms with van der Waals surface area (Å²) in [5.41, 5.74) is 9.76. The number of nitrogens with two attached hydrogens (primary N) is 2. The molecule has 3 amide bonds. The number of amides is 3. The smallest absolute Gasteiger partial charge is 0.322 e. The Morgan fingerprint density at radius 1 is 1.55 bits per heavy atom. The van der Waals surface area contributed by atoms with Gasteiger partial charge in [0, 0.05) is 0 Å². The quantitative estimate of drug-likeness (QED) is 0.493. The van der Waals surface area contributed by atoms with Gasteiger partial charge in [0.05, 0.1) is 0 Å². The first-order chi connectivity index (χ1) is 5.13. The van der Waals surface area contributed by atoms with Crippen LogP contribution in [0.2, 0.25) is 0 Å². The van der Waals surface area contributed by atoms with E-state index in [0.717, 1.165) is 11.2 Å². The minimum atomic E-state index is -0.757. The Kier molecular flexibility index (Phi) is 1.67. The standard InChI is InChI=1S/C5H7N3O3/c6-4(9)3-1-11-2-8(3)5(7)10/h1H,2H2,(H2,6,9)(H2,7,10). The molecule has 0 saturated carbocycles. The second kappa shape index (κ2) is 2.49. The molecule has 1 rings (SSSR count). The molecule has 0 aromatic rings. The maximum absolute atomic E-state index is 10.5. The van der Waals surface area contributed by atoms with Crippen molar-refractivity contribution in [3.8, 4) is 0 Å². The van der Waals surface area contributed by atoms with Crippen LogP contribution in [-0.2, 0) is 9.53 Å². The van der Waals surface area contributed by atoms with E-state index in [1.165, 1.54) is 0 Å². The largest absolute Gasteiger partial charge is 0.478 e. The Bertz CT molecular complexity index is 235. The molecule has 1 heterocycles. The molecule has 0 fully saturated rings. The fourth-order valence-electron chi connectivity index (χ4n) is 0.697. The minimum Gasteiger partial charge on any atom is -0.478 e. The molecule has 0 spiro atoms. The summed E-state index contributed by atoms with van der Waals surface area (Å²) in [6.45, 7) is -0.0480. The highest BCUT2D eigenvalue weighted by Crippen LogP contribution is 2.10. The monoisotopic (exact) mass is 157 g/mol. The third-order valence-electron chi connectivity index (χ3n) is 1.21. The van der Waals surface area contributed by atoms with Gasteiger partial charge in [-0.1, -0.05) is 0 Å². The van der Waals surface area contributed by atoms with Crippen LogP contribution in [0.1, 0.15) is 0 Å². The second-order valence-corrected chi connectivity index (χ2v) is 1.93. The number of ether oxygens (including phenoxy) is 1. The number of carbonyl (C=O) groups excluding carboxylic acids is 2. The Morgan fingerprint density at radius 3 is 2.55 bits per heavy atom. The van der Waals surface area contributed by atoms with Crippen molar-refractivity contribution in [1.29, 1.82) is 0 Å². The Morgan fingerprint density at radius 2 is 2.18 bits per heavy atom. The molecular formula is C5H7N3O3. The van der Waals surface area contributed by atoms with Crippen molar-refractivity contribution in [1.82, 2.24) is 4.90 Å². The highest BCUT2D eigenvalue weighted by atomic mass is 16.5. The van der Waals surface area contributed by atoms with Gasteiger partial charge in [0.1, 0.15) is 12.0 Å². The summed E-state index contributed by atoms with van der Waals surface area (Å²) >= 11 is 0. The van der Waals surface area contributed by atoms with Crippen molar-refractivity contribution in [3.63, 3.8) is 0 Å². The first kappa shape index (κ1) is 7.39. The van der Waals surface area contributed by atoms with Crippen molar-refractivity contribution in [2.75, 3.05) is 6.73 Å². The molecule has 0 aromatic heterocycles. The molecule has 0 bridgehead atoms. The first-order valence-electron chi connectivity index (χ1n) is 2.81.